The van der Waals surface area contributed by atoms with E-state index in [1.807, 2.05) is 35.7 Å². The average molecular weight is 364 g/mol. The van der Waals surface area contributed by atoms with Crippen molar-refractivity contribution in [2.45, 2.75) is 48.8 Å². The fourth-order valence-electron chi connectivity index (χ4n) is 3.98. The largest absolute Gasteiger partial charge is 0.374 e. The van der Waals surface area contributed by atoms with Gasteiger partial charge in [-0.3, -0.25) is 4.79 Å². The molecule has 4 rings (SSSR count). The molecule has 130 valence electrons. The first kappa shape index (κ1) is 16.8. The molecular formula is C19H25NO2S2. The fourth-order valence-corrected chi connectivity index (χ4v) is 6.87. The molecule has 0 aromatic heterocycles. The molecule has 0 N–H and O–H groups in total. The summed E-state index contributed by atoms with van der Waals surface area (Å²) >= 11 is 4.05. The Hall–Kier alpha value is -0.650. The molecule has 1 aliphatic carbocycles. The second-order valence-corrected chi connectivity index (χ2v) is 9.53. The zero-order valence-corrected chi connectivity index (χ0v) is 15.6. The summed E-state index contributed by atoms with van der Waals surface area (Å²) in [5.74, 6) is 2.68. The summed E-state index contributed by atoms with van der Waals surface area (Å²) in [5, 5.41) is 0. The monoisotopic (exact) mass is 363 g/mol. The van der Waals surface area contributed by atoms with E-state index in [1.54, 1.807) is 0 Å². The predicted molar refractivity (Wildman–Crippen MR) is 102 cm³/mol. The van der Waals surface area contributed by atoms with Gasteiger partial charge in [0.15, 0.2) is 0 Å². The predicted octanol–water partition coefficient (Wildman–Crippen LogP) is 4.34. The molecule has 3 fully saturated rings. The Morgan fingerprint density at radius 3 is 2.58 bits per heavy atom. The molecule has 1 amide bonds. The van der Waals surface area contributed by atoms with Gasteiger partial charge in [-0.1, -0.05) is 25.0 Å². The molecule has 2 heterocycles. The normalized spacial score (nSPS) is 28.4. The van der Waals surface area contributed by atoms with E-state index in [-0.39, 0.29) is 18.1 Å². The minimum absolute atomic E-state index is 0.186. The van der Waals surface area contributed by atoms with E-state index in [4.69, 9.17) is 4.74 Å². The van der Waals surface area contributed by atoms with E-state index < -0.39 is 0 Å². The van der Waals surface area contributed by atoms with Crippen LogP contribution in [0, 0.1) is 0 Å². The van der Waals surface area contributed by atoms with Crippen molar-refractivity contribution in [2.24, 2.45) is 0 Å². The van der Waals surface area contributed by atoms with Gasteiger partial charge >= 0.3 is 0 Å². The Kier molecular flexibility index (Phi) is 5.40. The molecule has 2 aliphatic heterocycles. The van der Waals surface area contributed by atoms with Gasteiger partial charge < -0.3 is 9.64 Å². The van der Waals surface area contributed by atoms with Gasteiger partial charge in [0.2, 0.25) is 0 Å². The molecular weight excluding hydrogens is 338 g/mol. The van der Waals surface area contributed by atoms with E-state index in [0.717, 1.165) is 24.9 Å². The van der Waals surface area contributed by atoms with Gasteiger partial charge in [0.1, 0.15) is 0 Å². The lowest BCUT2D eigenvalue weighted by Crippen LogP contribution is -2.54. The maximum Gasteiger partial charge on any atom is 0.254 e. The van der Waals surface area contributed by atoms with Crippen LogP contribution in [0.5, 0.6) is 0 Å². The van der Waals surface area contributed by atoms with Gasteiger partial charge in [-0.05, 0) is 48.5 Å². The molecule has 1 saturated carbocycles. The highest BCUT2D eigenvalue weighted by Crippen LogP contribution is 2.43. The van der Waals surface area contributed by atoms with Crippen molar-refractivity contribution in [1.29, 1.82) is 0 Å². The first-order chi connectivity index (χ1) is 11.8. The number of rotatable bonds is 2. The third-order valence-corrected chi connectivity index (χ3v) is 8.27. The van der Waals surface area contributed by atoms with Gasteiger partial charge in [-0.25, -0.2) is 0 Å². The number of fused-ring (bicyclic) bond motifs is 1. The molecule has 2 saturated heterocycles. The minimum Gasteiger partial charge on any atom is -0.374 e. The van der Waals surface area contributed by atoms with Crippen LogP contribution in [0.15, 0.2) is 24.3 Å². The Bertz CT molecular complexity index is 569. The number of ether oxygens (including phenoxy) is 1. The number of thioether (sulfide) groups is 2. The number of hydrogen-bond acceptors (Lipinski definition) is 4. The summed E-state index contributed by atoms with van der Waals surface area (Å²) in [6.45, 7) is 1.41. The molecule has 1 aromatic carbocycles. The van der Waals surface area contributed by atoms with Gasteiger partial charge in [0.25, 0.3) is 5.91 Å². The number of amides is 1. The quantitative estimate of drug-likeness (QED) is 0.782. The Labute approximate surface area is 152 Å². The Morgan fingerprint density at radius 1 is 1.04 bits per heavy atom. The lowest BCUT2D eigenvalue weighted by Gasteiger charge is -2.43. The molecule has 0 spiro atoms. The summed E-state index contributed by atoms with van der Waals surface area (Å²) in [6, 6.07) is 8.65. The molecule has 5 heteroatoms. The number of benzene rings is 1. The highest BCUT2D eigenvalue weighted by molar-refractivity contribution is 8.16. The third-order valence-electron chi connectivity index (χ3n) is 5.25. The second kappa shape index (κ2) is 7.71. The summed E-state index contributed by atoms with van der Waals surface area (Å²) in [7, 11) is 0. The topological polar surface area (TPSA) is 29.5 Å². The van der Waals surface area contributed by atoms with Gasteiger partial charge in [0, 0.05) is 12.1 Å². The summed E-state index contributed by atoms with van der Waals surface area (Å²) < 4.78 is 6.43. The van der Waals surface area contributed by atoms with Crippen LogP contribution in [0.4, 0.5) is 0 Å². The maximum atomic E-state index is 13.0. The molecule has 0 bridgehead atoms. The molecule has 1 aromatic rings. The highest BCUT2D eigenvalue weighted by Gasteiger charge is 2.36. The van der Waals surface area contributed by atoms with E-state index in [0.29, 0.717) is 11.2 Å². The zero-order chi connectivity index (χ0) is 16.4. The standard InChI is InChI=1S/C19H25NO2S2/c21-18(20-10-11-22-17-5-2-1-4-16(17)20)14-6-8-15(9-7-14)19-23-12-3-13-24-19/h6-9,16-17,19H,1-5,10-13H2/t16-,17-/m1/s1. The number of hydrogen-bond donors (Lipinski definition) is 0. The maximum absolute atomic E-state index is 13.0. The molecule has 3 nitrogen and oxygen atoms in total. The smallest absolute Gasteiger partial charge is 0.254 e. The zero-order valence-electron chi connectivity index (χ0n) is 14.0. The molecule has 2 atom stereocenters. The van der Waals surface area contributed by atoms with Crippen molar-refractivity contribution in [3.8, 4) is 0 Å². The van der Waals surface area contributed by atoms with Crippen LogP contribution in [-0.4, -0.2) is 47.6 Å². The first-order valence-electron chi connectivity index (χ1n) is 9.09. The van der Waals surface area contributed by atoms with Crippen LogP contribution < -0.4 is 0 Å². The van der Waals surface area contributed by atoms with Crippen molar-refractivity contribution >= 4 is 29.4 Å². The van der Waals surface area contributed by atoms with Gasteiger partial charge in [-0.2, -0.15) is 0 Å². The minimum atomic E-state index is 0.186. The van der Waals surface area contributed by atoms with Gasteiger partial charge in [-0.15, -0.1) is 23.5 Å². The second-order valence-electron chi connectivity index (χ2n) is 6.81. The van der Waals surface area contributed by atoms with Crippen molar-refractivity contribution in [2.75, 3.05) is 24.7 Å². The van der Waals surface area contributed by atoms with Crippen LogP contribution >= 0.6 is 23.5 Å². The highest BCUT2D eigenvalue weighted by atomic mass is 32.2. The molecule has 3 aliphatic rings. The number of nitrogens with zero attached hydrogens (tertiary/aromatic N) is 1. The van der Waals surface area contributed by atoms with E-state index in [1.165, 1.54) is 36.3 Å². The first-order valence-corrected chi connectivity index (χ1v) is 11.2. The number of carbonyl (C=O) groups excluding carboxylic acids is 1. The van der Waals surface area contributed by atoms with E-state index in [2.05, 4.69) is 17.0 Å². The van der Waals surface area contributed by atoms with Crippen LogP contribution in [0.1, 0.15) is 52.6 Å². The van der Waals surface area contributed by atoms with Crippen molar-refractivity contribution in [3.63, 3.8) is 0 Å². The number of carbonyl (C=O) groups is 1. The van der Waals surface area contributed by atoms with Crippen molar-refractivity contribution in [1.82, 2.24) is 4.90 Å². The van der Waals surface area contributed by atoms with Gasteiger partial charge in [0.05, 0.1) is 23.3 Å². The number of morpholine rings is 1. The molecule has 0 radical (unpaired) electrons. The SMILES string of the molecule is O=C(c1ccc(C2SCCCS2)cc1)N1CCO[C@@H]2CCCC[C@H]21. The van der Waals surface area contributed by atoms with Crippen molar-refractivity contribution < 1.29 is 9.53 Å². The Balaban J connectivity index is 1.47. The van der Waals surface area contributed by atoms with Crippen molar-refractivity contribution in [3.05, 3.63) is 35.4 Å². The molecule has 24 heavy (non-hydrogen) atoms. The lowest BCUT2D eigenvalue weighted by molar-refractivity contribution is -0.0752. The Morgan fingerprint density at radius 2 is 1.79 bits per heavy atom. The lowest BCUT2D eigenvalue weighted by atomic mass is 9.89. The summed E-state index contributed by atoms with van der Waals surface area (Å²) in [4.78, 5) is 15.1. The average Bonchev–Trinajstić information content (AvgIpc) is 2.68. The van der Waals surface area contributed by atoms with E-state index in [9.17, 15) is 4.79 Å². The summed E-state index contributed by atoms with van der Waals surface area (Å²) in [5.41, 5.74) is 2.18. The van der Waals surface area contributed by atoms with Crippen LogP contribution in [0.25, 0.3) is 0 Å². The van der Waals surface area contributed by atoms with Crippen LogP contribution in [0.3, 0.4) is 0 Å². The summed E-state index contributed by atoms with van der Waals surface area (Å²) in [6.07, 6.45) is 6.19. The molecule has 0 unspecified atom stereocenters. The third kappa shape index (κ3) is 3.49. The van der Waals surface area contributed by atoms with Crippen LogP contribution in [-0.2, 0) is 4.74 Å². The van der Waals surface area contributed by atoms with E-state index >= 15 is 0 Å². The fraction of sp³-hybridized carbons (Fsp3) is 0.632. The van der Waals surface area contributed by atoms with Crippen LogP contribution in [0.2, 0.25) is 0 Å².